The molecular weight excluding hydrogens is 252 g/mol. The second-order valence-corrected chi connectivity index (χ2v) is 4.95. The van der Waals surface area contributed by atoms with Crippen LogP contribution in [0.2, 0.25) is 0 Å². The second-order valence-electron chi connectivity index (χ2n) is 4.95. The summed E-state index contributed by atoms with van der Waals surface area (Å²) in [7, 11) is 0. The third-order valence-electron chi connectivity index (χ3n) is 3.94. The molecule has 1 N–H and O–H groups in total. The van der Waals surface area contributed by atoms with Crippen LogP contribution in [-0.2, 0) is 5.41 Å². The predicted molar refractivity (Wildman–Crippen MR) is 74.9 cm³/mol. The van der Waals surface area contributed by atoms with E-state index in [1.165, 1.54) is 0 Å². The molecule has 3 rings (SSSR count). The summed E-state index contributed by atoms with van der Waals surface area (Å²) in [5.41, 5.74) is 0.296. The van der Waals surface area contributed by atoms with E-state index in [4.69, 9.17) is 0 Å². The normalized spacial score (nSPS) is 16.2. The lowest BCUT2D eigenvalue weighted by Gasteiger charge is -2.25. The maximum atomic E-state index is 12.8. The lowest BCUT2D eigenvalue weighted by atomic mass is 9.73. The summed E-state index contributed by atoms with van der Waals surface area (Å²) in [5, 5.41) is 9.36. The lowest BCUT2D eigenvalue weighted by Crippen LogP contribution is -2.39. The average Bonchev–Trinajstić information content (AvgIpc) is 2.72. The molecule has 20 heavy (non-hydrogen) atoms. The van der Waals surface area contributed by atoms with E-state index >= 15 is 0 Å². The predicted octanol–water partition coefficient (Wildman–Crippen LogP) is 2.39. The Morgan fingerprint density at radius 3 is 1.80 bits per heavy atom. The number of aliphatic hydroxyl groups is 1. The minimum atomic E-state index is -1.26. The molecule has 100 valence electrons. The highest BCUT2D eigenvalue weighted by molar-refractivity contribution is 6.33. The van der Waals surface area contributed by atoms with Gasteiger partial charge in [-0.15, -0.1) is 0 Å². The van der Waals surface area contributed by atoms with Crippen LogP contribution in [-0.4, -0.2) is 23.3 Å². The minimum Gasteiger partial charge on any atom is -0.396 e. The topological polar surface area (TPSA) is 54.4 Å². The number of ketones is 2. The van der Waals surface area contributed by atoms with Crippen LogP contribution in [0.3, 0.4) is 0 Å². The molecule has 0 bridgehead atoms. The van der Waals surface area contributed by atoms with Crippen LogP contribution in [0, 0.1) is 0 Å². The highest BCUT2D eigenvalue weighted by Gasteiger charge is 2.53. The van der Waals surface area contributed by atoms with Gasteiger partial charge in [0.2, 0.25) is 0 Å². The van der Waals surface area contributed by atoms with Gasteiger partial charge in [0.15, 0.2) is 11.6 Å². The molecule has 0 fully saturated rings. The molecule has 0 aromatic heterocycles. The molecule has 0 heterocycles. The van der Waals surface area contributed by atoms with Crippen LogP contribution in [0.4, 0.5) is 0 Å². The van der Waals surface area contributed by atoms with E-state index in [-0.39, 0.29) is 24.6 Å². The van der Waals surface area contributed by atoms with Crippen LogP contribution < -0.4 is 0 Å². The van der Waals surface area contributed by atoms with Crippen molar-refractivity contribution in [3.05, 3.63) is 71.3 Å². The van der Waals surface area contributed by atoms with Gasteiger partial charge in [-0.25, -0.2) is 0 Å². The second kappa shape index (κ2) is 4.69. The summed E-state index contributed by atoms with van der Waals surface area (Å²) in [6.07, 6.45) is 0.114. The number of hydrogen-bond acceptors (Lipinski definition) is 3. The third-order valence-corrected chi connectivity index (χ3v) is 3.94. The SMILES string of the molecule is O=C1c2ccccc2C(=O)C1(CCO)c1ccccc1. The van der Waals surface area contributed by atoms with E-state index in [2.05, 4.69) is 0 Å². The fraction of sp³-hybridized carbons (Fsp3) is 0.176. The maximum absolute atomic E-state index is 12.8. The summed E-state index contributed by atoms with van der Waals surface area (Å²) in [5.74, 6) is -0.420. The molecule has 0 saturated carbocycles. The number of aliphatic hydroxyl groups excluding tert-OH is 1. The quantitative estimate of drug-likeness (QED) is 0.868. The number of carbonyl (C=O) groups is 2. The number of fused-ring (bicyclic) bond motifs is 1. The van der Waals surface area contributed by atoms with E-state index in [1.807, 2.05) is 6.07 Å². The molecule has 2 aromatic carbocycles. The zero-order valence-electron chi connectivity index (χ0n) is 10.9. The van der Waals surface area contributed by atoms with E-state index in [1.54, 1.807) is 48.5 Å². The van der Waals surface area contributed by atoms with Crippen LogP contribution in [0.5, 0.6) is 0 Å². The minimum absolute atomic E-state index is 0.114. The largest absolute Gasteiger partial charge is 0.396 e. The molecule has 0 aliphatic heterocycles. The zero-order valence-corrected chi connectivity index (χ0v) is 10.9. The first-order valence-electron chi connectivity index (χ1n) is 6.57. The van der Waals surface area contributed by atoms with Crippen molar-refractivity contribution >= 4 is 11.6 Å². The first-order chi connectivity index (χ1) is 9.71. The summed E-state index contributed by atoms with van der Waals surface area (Å²) >= 11 is 0. The van der Waals surface area contributed by atoms with Crippen LogP contribution in [0.1, 0.15) is 32.7 Å². The molecule has 0 unspecified atom stereocenters. The van der Waals surface area contributed by atoms with E-state index in [0.717, 1.165) is 0 Å². The van der Waals surface area contributed by atoms with Gasteiger partial charge in [0.1, 0.15) is 5.41 Å². The first kappa shape index (κ1) is 12.8. The fourth-order valence-corrected chi connectivity index (χ4v) is 2.97. The Morgan fingerprint density at radius 2 is 1.30 bits per heavy atom. The van der Waals surface area contributed by atoms with Gasteiger partial charge in [0.25, 0.3) is 0 Å². The Balaban J connectivity index is 2.24. The van der Waals surface area contributed by atoms with Gasteiger partial charge in [-0.2, -0.15) is 0 Å². The molecule has 2 aromatic rings. The summed E-state index contributed by atoms with van der Waals surface area (Å²) in [4.78, 5) is 25.6. The Hall–Kier alpha value is -2.26. The maximum Gasteiger partial charge on any atom is 0.182 e. The van der Waals surface area contributed by atoms with Crippen LogP contribution >= 0.6 is 0 Å². The van der Waals surface area contributed by atoms with Crippen molar-refractivity contribution in [2.24, 2.45) is 0 Å². The van der Waals surface area contributed by atoms with Crippen molar-refractivity contribution in [1.82, 2.24) is 0 Å². The van der Waals surface area contributed by atoms with E-state index < -0.39 is 5.41 Å². The molecule has 0 radical (unpaired) electrons. The van der Waals surface area contributed by atoms with Gasteiger partial charge in [-0.1, -0.05) is 54.6 Å². The summed E-state index contributed by atoms with van der Waals surface area (Å²) in [6.45, 7) is -0.208. The van der Waals surface area contributed by atoms with Crippen molar-refractivity contribution in [3.63, 3.8) is 0 Å². The highest BCUT2D eigenvalue weighted by Crippen LogP contribution is 2.41. The molecule has 0 amide bonds. The molecule has 1 aliphatic rings. The Bertz CT molecular complexity index is 639. The molecule has 3 heteroatoms. The summed E-state index contributed by atoms with van der Waals surface area (Å²) < 4.78 is 0. The van der Waals surface area contributed by atoms with Gasteiger partial charge in [0, 0.05) is 17.7 Å². The van der Waals surface area contributed by atoms with E-state index in [0.29, 0.717) is 16.7 Å². The van der Waals surface area contributed by atoms with E-state index in [9.17, 15) is 14.7 Å². The number of rotatable bonds is 3. The molecule has 0 atom stereocenters. The zero-order chi connectivity index (χ0) is 14.2. The Labute approximate surface area is 116 Å². The molecule has 1 aliphatic carbocycles. The lowest BCUT2D eigenvalue weighted by molar-refractivity contribution is 0.0758. The first-order valence-corrected chi connectivity index (χ1v) is 6.57. The van der Waals surface area contributed by atoms with Crippen LogP contribution in [0.15, 0.2) is 54.6 Å². The smallest absolute Gasteiger partial charge is 0.182 e. The van der Waals surface area contributed by atoms with Crippen molar-refractivity contribution in [2.75, 3.05) is 6.61 Å². The van der Waals surface area contributed by atoms with Crippen molar-refractivity contribution in [1.29, 1.82) is 0 Å². The number of benzene rings is 2. The molecule has 0 spiro atoms. The molecule has 3 nitrogen and oxygen atoms in total. The monoisotopic (exact) mass is 266 g/mol. The number of Topliss-reactive ketones (excluding diaryl/α,β-unsaturated/α-hetero) is 2. The number of hydrogen-bond donors (Lipinski definition) is 1. The number of carbonyl (C=O) groups excluding carboxylic acids is 2. The summed E-state index contributed by atoms with van der Waals surface area (Å²) in [6, 6.07) is 15.9. The fourth-order valence-electron chi connectivity index (χ4n) is 2.97. The van der Waals surface area contributed by atoms with Gasteiger partial charge < -0.3 is 5.11 Å². The third kappa shape index (κ3) is 1.57. The molecule has 0 saturated heterocycles. The van der Waals surface area contributed by atoms with Gasteiger partial charge in [-0.05, 0) is 12.0 Å². The Kier molecular flexibility index (Phi) is 2.99. The molecular formula is C17H14O3. The van der Waals surface area contributed by atoms with Crippen molar-refractivity contribution < 1.29 is 14.7 Å². The van der Waals surface area contributed by atoms with Gasteiger partial charge >= 0.3 is 0 Å². The van der Waals surface area contributed by atoms with Gasteiger partial charge in [0.05, 0.1) is 0 Å². The van der Waals surface area contributed by atoms with Gasteiger partial charge in [-0.3, -0.25) is 9.59 Å². The Morgan fingerprint density at radius 1 is 0.800 bits per heavy atom. The van der Waals surface area contributed by atoms with Crippen molar-refractivity contribution in [3.8, 4) is 0 Å². The standard InChI is InChI=1S/C17H14O3/c18-11-10-17(12-6-2-1-3-7-12)15(19)13-8-4-5-9-14(13)16(17)20/h1-9,18H,10-11H2. The van der Waals surface area contributed by atoms with Crippen LogP contribution in [0.25, 0.3) is 0 Å². The van der Waals surface area contributed by atoms with Crippen molar-refractivity contribution in [2.45, 2.75) is 11.8 Å². The average molecular weight is 266 g/mol. The highest BCUT2D eigenvalue weighted by atomic mass is 16.3.